The molecule has 0 N–H and O–H groups in total. The third-order valence-corrected chi connectivity index (χ3v) is 3.15. The number of benzene rings is 2. The van der Waals surface area contributed by atoms with Gasteiger partial charge in [0.05, 0.1) is 12.5 Å². The Bertz CT molecular complexity index is 776. The minimum Gasteiger partial charge on any atom is -0.497 e. The molecule has 3 nitrogen and oxygen atoms in total. The van der Waals surface area contributed by atoms with Crippen LogP contribution in [-0.2, 0) is 0 Å². The van der Waals surface area contributed by atoms with Gasteiger partial charge in [-0.15, -0.1) is 0 Å². The molecule has 3 aromatic rings. The van der Waals surface area contributed by atoms with E-state index >= 15 is 0 Å². The van der Waals surface area contributed by atoms with Crippen molar-refractivity contribution in [1.82, 2.24) is 4.57 Å². The van der Waals surface area contributed by atoms with Crippen LogP contribution in [-0.4, -0.2) is 11.7 Å². The van der Waals surface area contributed by atoms with Crippen molar-refractivity contribution in [2.45, 2.75) is 0 Å². The molecule has 0 fully saturated rings. The average Bonchev–Trinajstić information content (AvgIpc) is 2.48. The zero-order valence-corrected chi connectivity index (χ0v) is 10.5. The molecule has 0 aliphatic carbocycles. The number of hydrogen-bond donors (Lipinski definition) is 0. The van der Waals surface area contributed by atoms with E-state index in [1.165, 1.54) is 0 Å². The van der Waals surface area contributed by atoms with Crippen molar-refractivity contribution in [2.24, 2.45) is 0 Å². The minimum absolute atomic E-state index is 0.0393. The van der Waals surface area contributed by atoms with Crippen molar-refractivity contribution < 1.29 is 4.74 Å². The Morgan fingerprint density at radius 1 is 1.00 bits per heavy atom. The van der Waals surface area contributed by atoms with E-state index in [4.69, 9.17) is 4.74 Å². The van der Waals surface area contributed by atoms with E-state index in [1.54, 1.807) is 23.9 Å². The van der Waals surface area contributed by atoms with Crippen molar-refractivity contribution in [1.29, 1.82) is 0 Å². The Morgan fingerprint density at radius 2 is 1.79 bits per heavy atom. The van der Waals surface area contributed by atoms with Crippen LogP contribution in [0.3, 0.4) is 0 Å². The lowest BCUT2D eigenvalue weighted by Crippen LogP contribution is -2.17. The van der Waals surface area contributed by atoms with Gasteiger partial charge in [-0.05, 0) is 35.7 Å². The first kappa shape index (κ1) is 11.5. The van der Waals surface area contributed by atoms with E-state index in [0.29, 0.717) is 11.1 Å². The smallest absolute Gasteiger partial charge is 0.263 e. The maximum Gasteiger partial charge on any atom is 0.263 e. The van der Waals surface area contributed by atoms with Gasteiger partial charge in [0.25, 0.3) is 5.56 Å². The fourth-order valence-corrected chi connectivity index (χ4v) is 2.14. The summed E-state index contributed by atoms with van der Waals surface area (Å²) >= 11 is 0. The zero-order chi connectivity index (χ0) is 13.2. The van der Waals surface area contributed by atoms with Gasteiger partial charge in [0.2, 0.25) is 0 Å². The molecule has 0 aliphatic rings. The predicted octanol–water partition coefficient (Wildman–Crippen LogP) is 3.00. The number of para-hydroxylation sites is 1. The quantitative estimate of drug-likeness (QED) is 0.701. The van der Waals surface area contributed by atoms with Crippen molar-refractivity contribution in [2.75, 3.05) is 7.11 Å². The van der Waals surface area contributed by atoms with Crippen LogP contribution >= 0.6 is 0 Å². The zero-order valence-electron chi connectivity index (χ0n) is 10.5. The maximum absolute atomic E-state index is 12.5. The Kier molecular flexibility index (Phi) is 2.80. The van der Waals surface area contributed by atoms with E-state index in [2.05, 4.69) is 0 Å². The molecular weight excluding hydrogens is 238 g/mol. The van der Waals surface area contributed by atoms with Gasteiger partial charge in [-0.25, -0.2) is 0 Å². The van der Waals surface area contributed by atoms with E-state index in [9.17, 15) is 4.79 Å². The van der Waals surface area contributed by atoms with Crippen LogP contribution in [0, 0.1) is 0 Å². The third kappa shape index (κ3) is 1.99. The van der Waals surface area contributed by atoms with Gasteiger partial charge in [-0.3, -0.25) is 9.36 Å². The molecule has 0 saturated heterocycles. The lowest BCUT2D eigenvalue weighted by Gasteiger charge is -2.08. The second kappa shape index (κ2) is 4.61. The van der Waals surface area contributed by atoms with Crippen LogP contribution < -0.4 is 10.3 Å². The molecular formula is C16H13NO2. The van der Waals surface area contributed by atoms with Crippen LogP contribution in [0.15, 0.2) is 65.6 Å². The number of hydrogen-bond acceptors (Lipinski definition) is 2. The van der Waals surface area contributed by atoms with Gasteiger partial charge < -0.3 is 4.74 Å². The normalized spacial score (nSPS) is 10.6. The van der Waals surface area contributed by atoms with Gasteiger partial charge in [0.15, 0.2) is 0 Å². The standard InChI is InChI=1S/C16H13NO2/c1-19-14-8-7-12-9-10-17(16(18)15(12)11-14)13-5-3-2-4-6-13/h2-11H,1H3. The number of pyridine rings is 1. The van der Waals surface area contributed by atoms with E-state index in [0.717, 1.165) is 11.1 Å². The summed E-state index contributed by atoms with van der Waals surface area (Å²) in [5.74, 6) is 0.690. The van der Waals surface area contributed by atoms with E-state index in [-0.39, 0.29) is 5.56 Å². The largest absolute Gasteiger partial charge is 0.497 e. The molecule has 2 aromatic carbocycles. The second-order valence-electron chi connectivity index (χ2n) is 4.28. The molecule has 0 saturated carbocycles. The summed E-state index contributed by atoms with van der Waals surface area (Å²) in [7, 11) is 1.60. The molecule has 1 aromatic heterocycles. The molecule has 0 spiro atoms. The molecule has 0 atom stereocenters. The highest BCUT2D eigenvalue weighted by Gasteiger charge is 2.05. The van der Waals surface area contributed by atoms with E-state index in [1.807, 2.05) is 48.5 Å². The summed E-state index contributed by atoms with van der Waals surface area (Å²) in [5.41, 5.74) is 0.819. The average molecular weight is 251 g/mol. The van der Waals surface area contributed by atoms with Gasteiger partial charge in [0.1, 0.15) is 5.75 Å². The first-order valence-electron chi connectivity index (χ1n) is 6.04. The Balaban J connectivity index is 2.29. The summed E-state index contributed by atoms with van der Waals surface area (Å²) in [4.78, 5) is 12.5. The van der Waals surface area contributed by atoms with Gasteiger partial charge in [-0.2, -0.15) is 0 Å². The Morgan fingerprint density at radius 3 is 2.53 bits per heavy atom. The van der Waals surface area contributed by atoms with Crippen molar-refractivity contribution in [3.05, 3.63) is 71.1 Å². The monoisotopic (exact) mass is 251 g/mol. The Hall–Kier alpha value is -2.55. The summed E-state index contributed by atoms with van der Waals surface area (Å²) in [6, 6.07) is 17.0. The topological polar surface area (TPSA) is 31.2 Å². The number of fused-ring (bicyclic) bond motifs is 1. The number of ether oxygens (including phenoxy) is 1. The number of methoxy groups -OCH3 is 1. The molecule has 0 radical (unpaired) electrons. The van der Waals surface area contributed by atoms with Gasteiger partial charge in [0, 0.05) is 11.9 Å². The van der Waals surface area contributed by atoms with Crippen LogP contribution in [0.5, 0.6) is 5.75 Å². The fourth-order valence-electron chi connectivity index (χ4n) is 2.14. The maximum atomic E-state index is 12.5. The fraction of sp³-hybridized carbons (Fsp3) is 0.0625. The highest BCUT2D eigenvalue weighted by molar-refractivity contribution is 5.83. The van der Waals surface area contributed by atoms with Crippen LogP contribution in [0.2, 0.25) is 0 Å². The summed E-state index contributed by atoms with van der Waals surface area (Å²) in [6.45, 7) is 0. The number of nitrogens with zero attached hydrogens (tertiary/aromatic N) is 1. The van der Waals surface area contributed by atoms with Crippen molar-refractivity contribution >= 4 is 10.8 Å². The first-order valence-corrected chi connectivity index (χ1v) is 6.04. The molecule has 1 heterocycles. The summed E-state index contributed by atoms with van der Waals surface area (Å²) in [6.07, 6.45) is 1.80. The van der Waals surface area contributed by atoms with Crippen LogP contribution in [0.1, 0.15) is 0 Å². The SMILES string of the molecule is COc1ccc2ccn(-c3ccccc3)c(=O)c2c1. The molecule has 0 bridgehead atoms. The summed E-state index contributed by atoms with van der Waals surface area (Å²) < 4.78 is 6.82. The number of aromatic nitrogens is 1. The van der Waals surface area contributed by atoms with Crippen LogP contribution in [0.25, 0.3) is 16.5 Å². The van der Waals surface area contributed by atoms with E-state index < -0.39 is 0 Å². The minimum atomic E-state index is -0.0393. The molecule has 94 valence electrons. The molecule has 3 rings (SSSR count). The molecule has 0 unspecified atom stereocenters. The first-order chi connectivity index (χ1) is 9.29. The third-order valence-electron chi connectivity index (χ3n) is 3.15. The highest BCUT2D eigenvalue weighted by Crippen LogP contribution is 2.18. The van der Waals surface area contributed by atoms with Gasteiger partial charge in [-0.1, -0.05) is 24.3 Å². The van der Waals surface area contributed by atoms with Crippen molar-refractivity contribution in [3.8, 4) is 11.4 Å². The van der Waals surface area contributed by atoms with Crippen molar-refractivity contribution in [3.63, 3.8) is 0 Å². The lowest BCUT2D eigenvalue weighted by molar-refractivity contribution is 0.415. The molecule has 0 aliphatic heterocycles. The van der Waals surface area contributed by atoms with Gasteiger partial charge >= 0.3 is 0 Å². The predicted molar refractivity (Wildman–Crippen MR) is 76.1 cm³/mol. The lowest BCUT2D eigenvalue weighted by atomic mass is 10.1. The van der Waals surface area contributed by atoms with Crippen LogP contribution in [0.4, 0.5) is 0 Å². The second-order valence-corrected chi connectivity index (χ2v) is 4.28. The number of rotatable bonds is 2. The highest BCUT2D eigenvalue weighted by atomic mass is 16.5. The Labute approximate surface area is 110 Å². The molecule has 19 heavy (non-hydrogen) atoms. The molecule has 0 amide bonds. The summed E-state index contributed by atoms with van der Waals surface area (Å²) in [5, 5.41) is 1.57. The molecule has 3 heteroatoms.